The van der Waals surface area contributed by atoms with Gasteiger partial charge in [-0.1, -0.05) is 35.9 Å². The predicted molar refractivity (Wildman–Crippen MR) is 60.9 cm³/mol. The van der Waals surface area contributed by atoms with Gasteiger partial charge >= 0.3 is 0 Å². The van der Waals surface area contributed by atoms with Gasteiger partial charge in [-0.2, -0.15) is 0 Å². The molecule has 0 aromatic heterocycles. The minimum atomic E-state index is 0.647. The Hall–Kier alpha value is 0.690. The number of halogens is 1. The highest BCUT2D eigenvalue weighted by Crippen LogP contribution is 2.39. The Kier molecular flexibility index (Phi) is 4.87. The van der Waals surface area contributed by atoms with E-state index in [1.54, 1.807) is 0 Å². The molecular formula is C10H19IO. The van der Waals surface area contributed by atoms with Crippen molar-refractivity contribution in [1.29, 1.82) is 0 Å². The molecule has 0 radical (unpaired) electrons. The van der Waals surface area contributed by atoms with Crippen molar-refractivity contribution in [2.45, 2.75) is 39.0 Å². The molecule has 2 heteroatoms. The maximum absolute atomic E-state index is 5.41. The number of alkyl halides is 1. The third-order valence-electron chi connectivity index (χ3n) is 2.96. The van der Waals surface area contributed by atoms with Gasteiger partial charge in [-0.3, -0.25) is 0 Å². The molecule has 0 aromatic carbocycles. The molecule has 0 aliphatic carbocycles. The minimum absolute atomic E-state index is 0.647. The van der Waals surface area contributed by atoms with Gasteiger partial charge < -0.3 is 4.74 Å². The Morgan fingerprint density at radius 3 is 2.42 bits per heavy atom. The second-order valence-electron chi connectivity index (χ2n) is 3.80. The van der Waals surface area contributed by atoms with E-state index >= 15 is 0 Å². The van der Waals surface area contributed by atoms with E-state index in [9.17, 15) is 0 Å². The fourth-order valence-electron chi connectivity index (χ4n) is 2.16. The maximum Gasteiger partial charge on any atom is 0.0471 e. The Balaban J connectivity index is 2.44. The average Bonchev–Trinajstić information content (AvgIpc) is 2.07. The Bertz CT molecular complexity index is 103. The van der Waals surface area contributed by atoms with E-state index < -0.39 is 0 Å². The van der Waals surface area contributed by atoms with Crippen LogP contribution in [0.15, 0.2) is 0 Å². The summed E-state index contributed by atoms with van der Waals surface area (Å²) in [5.74, 6) is 0. The lowest BCUT2D eigenvalue weighted by molar-refractivity contribution is 0.00867. The minimum Gasteiger partial charge on any atom is -0.381 e. The van der Waals surface area contributed by atoms with Crippen molar-refractivity contribution < 1.29 is 4.74 Å². The lowest BCUT2D eigenvalue weighted by atomic mass is 9.74. The molecule has 0 atom stereocenters. The quantitative estimate of drug-likeness (QED) is 0.567. The molecule has 0 bridgehead atoms. The lowest BCUT2D eigenvalue weighted by Gasteiger charge is -2.36. The van der Waals surface area contributed by atoms with Crippen LogP contribution in [0.4, 0.5) is 0 Å². The molecule has 0 unspecified atom stereocenters. The summed E-state index contributed by atoms with van der Waals surface area (Å²) >= 11 is 2.50. The maximum atomic E-state index is 5.41. The molecule has 1 nitrogen and oxygen atoms in total. The number of hydrogen-bond donors (Lipinski definition) is 0. The van der Waals surface area contributed by atoms with Crippen molar-refractivity contribution in [1.82, 2.24) is 0 Å². The zero-order valence-electron chi connectivity index (χ0n) is 7.94. The molecule has 1 rings (SSSR count). The summed E-state index contributed by atoms with van der Waals surface area (Å²) in [7, 11) is 0. The van der Waals surface area contributed by atoms with Crippen LogP contribution in [0, 0.1) is 5.41 Å². The topological polar surface area (TPSA) is 9.23 Å². The molecule has 72 valence electrons. The van der Waals surface area contributed by atoms with Crippen molar-refractivity contribution in [2.75, 3.05) is 17.6 Å². The van der Waals surface area contributed by atoms with E-state index in [-0.39, 0.29) is 0 Å². The summed E-state index contributed by atoms with van der Waals surface area (Å²) < 4.78 is 6.72. The van der Waals surface area contributed by atoms with Gasteiger partial charge in [0.15, 0.2) is 0 Å². The van der Waals surface area contributed by atoms with E-state index in [1.807, 2.05) is 0 Å². The molecule has 0 spiro atoms. The summed E-state index contributed by atoms with van der Waals surface area (Å²) in [6, 6.07) is 0. The number of rotatable bonds is 4. The van der Waals surface area contributed by atoms with Gasteiger partial charge in [0.25, 0.3) is 0 Å². The molecule has 1 aliphatic heterocycles. The first kappa shape index (κ1) is 10.8. The predicted octanol–water partition coefficient (Wildman–Crippen LogP) is 3.41. The molecule has 0 N–H and O–H groups in total. The Morgan fingerprint density at radius 1 is 1.25 bits per heavy atom. The van der Waals surface area contributed by atoms with E-state index in [2.05, 4.69) is 29.5 Å². The summed E-state index contributed by atoms with van der Waals surface area (Å²) in [6.07, 6.45) is 6.72. The summed E-state index contributed by atoms with van der Waals surface area (Å²) in [5.41, 5.74) is 0.647. The van der Waals surface area contributed by atoms with Gasteiger partial charge in [0.05, 0.1) is 0 Å². The molecule has 1 aliphatic rings. The van der Waals surface area contributed by atoms with Crippen LogP contribution in [0.3, 0.4) is 0 Å². The Morgan fingerprint density at radius 2 is 1.92 bits per heavy atom. The van der Waals surface area contributed by atoms with Crippen LogP contribution in [-0.2, 0) is 4.74 Å². The number of ether oxygens (including phenoxy) is 1. The highest BCUT2D eigenvalue weighted by Gasteiger charge is 2.30. The molecule has 0 saturated carbocycles. The second kappa shape index (κ2) is 5.43. The van der Waals surface area contributed by atoms with E-state index in [4.69, 9.17) is 4.74 Å². The van der Waals surface area contributed by atoms with E-state index in [0.717, 1.165) is 13.2 Å². The van der Waals surface area contributed by atoms with Gasteiger partial charge in [-0.25, -0.2) is 0 Å². The summed E-state index contributed by atoms with van der Waals surface area (Å²) in [4.78, 5) is 0. The fraction of sp³-hybridized carbons (Fsp3) is 1.00. The average molecular weight is 282 g/mol. The first-order valence-electron chi connectivity index (χ1n) is 4.97. The normalized spacial score (nSPS) is 22.5. The van der Waals surface area contributed by atoms with Crippen LogP contribution in [0.2, 0.25) is 0 Å². The van der Waals surface area contributed by atoms with Crippen LogP contribution in [0.25, 0.3) is 0 Å². The zero-order chi connectivity index (χ0) is 8.86. The molecule has 12 heavy (non-hydrogen) atoms. The molecule has 1 heterocycles. The van der Waals surface area contributed by atoms with Crippen LogP contribution in [-0.4, -0.2) is 17.6 Å². The smallest absolute Gasteiger partial charge is 0.0471 e. The van der Waals surface area contributed by atoms with Gasteiger partial charge in [0.1, 0.15) is 0 Å². The van der Waals surface area contributed by atoms with Gasteiger partial charge in [0, 0.05) is 17.6 Å². The highest BCUT2D eigenvalue weighted by molar-refractivity contribution is 14.1. The van der Waals surface area contributed by atoms with Gasteiger partial charge in [-0.05, 0) is 31.1 Å². The molecular weight excluding hydrogens is 263 g/mol. The van der Waals surface area contributed by atoms with Crippen molar-refractivity contribution in [2.24, 2.45) is 5.41 Å². The molecule has 0 aromatic rings. The molecule has 1 saturated heterocycles. The van der Waals surface area contributed by atoms with Crippen LogP contribution < -0.4 is 0 Å². The largest absolute Gasteiger partial charge is 0.381 e. The van der Waals surface area contributed by atoms with Gasteiger partial charge in [-0.15, -0.1) is 0 Å². The number of hydrogen-bond acceptors (Lipinski definition) is 1. The monoisotopic (exact) mass is 282 g/mol. The van der Waals surface area contributed by atoms with Crippen molar-refractivity contribution in [3.8, 4) is 0 Å². The second-order valence-corrected chi connectivity index (χ2v) is 4.88. The molecule has 0 amide bonds. The van der Waals surface area contributed by atoms with Gasteiger partial charge in [0.2, 0.25) is 0 Å². The fourth-order valence-corrected chi connectivity index (χ4v) is 3.30. The van der Waals surface area contributed by atoms with Crippen LogP contribution in [0.5, 0.6) is 0 Å². The van der Waals surface area contributed by atoms with Crippen LogP contribution >= 0.6 is 22.6 Å². The zero-order valence-corrected chi connectivity index (χ0v) is 10.1. The third-order valence-corrected chi connectivity index (χ3v) is 3.50. The van der Waals surface area contributed by atoms with Crippen molar-refractivity contribution in [3.05, 3.63) is 0 Å². The van der Waals surface area contributed by atoms with E-state index in [0.29, 0.717) is 5.41 Å². The van der Waals surface area contributed by atoms with Crippen molar-refractivity contribution >= 4 is 22.6 Å². The SMILES string of the molecule is CCCC1(CCI)CCOCC1. The highest BCUT2D eigenvalue weighted by atomic mass is 127. The summed E-state index contributed by atoms with van der Waals surface area (Å²) in [5, 5.41) is 0. The van der Waals surface area contributed by atoms with Crippen LogP contribution in [0.1, 0.15) is 39.0 Å². The first-order valence-corrected chi connectivity index (χ1v) is 6.49. The third kappa shape index (κ3) is 2.87. The first-order chi connectivity index (χ1) is 5.83. The molecule has 1 fully saturated rings. The Labute approximate surface area is 89.4 Å². The van der Waals surface area contributed by atoms with E-state index in [1.165, 1.54) is 36.5 Å². The van der Waals surface area contributed by atoms with Crippen molar-refractivity contribution in [3.63, 3.8) is 0 Å². The standard InChI is InChI=1S/C10H19IO/c1-2-3-10(4-7-11)5-8-12-9-6-10/h2-9H2,1H3. The lowest BCUT2D eigenvalue weighted by Crippen LogP contribution is -2.29. The summed E-state index contributed by atoms with van der Waals surface area (Å²) in [6.45, 7) is 4.29.